The maximum absolute atomic E-state index is 12.7. The second-order valence-electron chi connectivity index (χ2n) is 3.98. The first-order chi connectivity index (χ1) is 9.19. The van der Waals surface area contributed by atoms with Crippen LogP contribution in [0.2, 0.25) is 0 Å². The van der Waals surface area contributed by atoms with Crippen LogP contribution >= 0.6 is 0 Å². The molecular weight excluding hydrogens is 243 g/mol. The molecule has 2 aromatic rings. The summed E-state index contributed by atoms with van der Waals surface area (Å²) < 4.78 is 17.8. The van der Waals surface area contributed by atoms with E-state index in [1.807, 2.05) is 0 Å². The average molecular weight is 256 g/mol. The molecule has 0 aliphatic rings. The van der Waals surface area contributed by atoms with Gasteiger partial charge in [0.15, 0.2) is 5.78 Å². The Kier molecular flexibility index (Phi) is 4.08. The van der Waals surface area contributed by atoms with E-state index >= 15 is 0 Å². The van der Waals surface area contributed by atoms with Crippen LogP contribution in [0.25, 0.3) is 6.08 Å². The second-order valence-corrected chi connectivity index (χ2v) is 3.98. The molecule has 0 saturated carbocycles. The van der Waals surface area contributed by atoms with Gasteiger partial charge in [0.05, 0.1) is 7.11 Å². The Morgan fingerprint density at radius 1 is 1.16 bits per heavy atom. The van der Waals surface area contributed by atoms with Crippen molar-refractivity contribution < 1.29 is 13.9 Å². The molecule has 2 nitrogen and oxygen atoms in total. The Bertz CT molecular complexity index is 600. The maximum Gasteiger partial charge on any atom is 0.185 e. The molecular formula is C16H13FO2. The fraction of sp³-hybridized carbons (Fsp3) is 0.0625. The summed E-state index contributed by atoms with van der Waals surface area (Å²) in [4.78, 5) is 11.9. The maximum atomic E-state index is 12.7. The van der Waals surface area contributed by atoms with Gasteiger partial charge in [0.2, 0.25) is 0 Å². The summed E-state index contributed by atoms with van der Waals surface area (Å²) in [6, 6.07) is 12.9. The van der Waals surface area contributed by atoms with Crippen LogP contribution in [0.5, 0.6) is 5.75 Å². The largest absolute Gasteiger partial charge is 0.497 e. The molecule has 0 aliphatic carbocycles. The Balaban J connectivity index is 2.13. The van der Waals surface area contributed by atoms with Crippen molar-refractivity contribution in [1.29, 1.82) is 0 Å². The number of allylic oxidation sites excluding steroid dienone is 1. The molecule has 0 aromatic heterocycles. The molecule has 0 bridgehead atoms. The minimum Gasteiger partial charge on any atom is -0.497 e. The summed E-state index contributed by atoms with van der Waals surface area (Å²) in [6.07, 6.45) is 3.11. The molecule has 96 valence electrons. The van der Waals surface area contributed by atoms with Crippen molar-refractivity contribution >= 4 is 11.9 Å². The highest BCUT2D eigenvalue weighted by atomic mass is 19.1. The standard InChI is InChI=1S/C16H13FO2/c1-19-15-4-2-3-13(11-15)16(18)10-7-12-5-8-14(17)9-6-12/h2-11H,1H3. The monoisotopic (exact) mass is 256 g/mol. The molecule has 0 unspecified atom stereocenters. The van der Waals surface area contributed by atoms with E-state index < -0.39 is 0 Å². The molecule has 19 heavy (non-hydrogen) atoms. The van der Waals surface area contributed by atoms with Crippen molar-refractivity contribution in [3.63, 3.8) is 0 Å². The lowest BCUT2D eigenvalue weighted by Crippen LogP contribution is -1.94. The predicted octanol–water partition coefficient (Wildman–Crippen LogP) is 3.73. The lowest BCUT2D eigenvalue weighted by molar-refractivity contribution is 0.104. The molecule has 0 amide bonds. The molecule has 0 heterocycles. The van der Waals surface area contributed by atoms with Crippen molar-refractivity contribution in [1.82, 2.24) is 0 Å². The van der Waals surface area contributed by atoms with Gasteiger partial charge in [-0.25, -0.2) is 4.39 Å². The highest BCUT2D eigenvalue weighted by Crippen LogP contribution is 2.14. The zero-order chi connectivity index (χ0) is 13.7. The summed E-state index contributed by atoms with van der Waals surface area (Å²) in [5.41, 5.74) is 1.33. The predicted molar refractivity (Wildman–Crippen MR) is 72.8 cm³/mol. The fourth-order valence-corrected chi connectivity index (χ4v) is 1.62. The van der Waals surface area contributed by atoms with Crippen LogP contribution in [0.3, 0.4) is 0 Å². The molecule has 0 radical (unpaired) electrons. The van der Waals surface area contributed by atoms with Gasteiger partial charge in [-0.05, 0) is 35.9 Å². The number of methoxy groups -OCH3 is 1. The van der Waals surface area contributed by atoms with Crippen LogP contribution in [0, 0.1) is 5.82 Å². The summed E-state index contributed by atoms with van der Waals surface area (Å²) in [7, 11) is 1.55. The van der Waals surface area contributed by atoms with Gasteiger partial charge in [0, 0.05) is 5.56 Å². The number of carbonyl (C=O) groups excluding carboxylic acids is 1. The van der Waals surface area contributed by atoms with Crippen LogP contribution in [0.1, 0.15) is 15.9 Å². The molecule has 0 atom stereocenters. The number of hydrogen-bond donors (Lipinski definition) is 0. The van der Waals surface area contributed by atoms with E-state index in [2.05, 4.69) is 0 Å². The molecule has 3 heteroatoms. The van der Waals surface area contributed by atoms with Crippen LogP contribution in [-0.4, -0.2) is 12.9 Å². The van der Waals surface area contributed by atoms with E-state index in [-0.39, 0.29) is 11.6 Å². The number of ketones is 1. The zero-order valence-corrected chi connectivity index (χ0v) is 10.5. The topological polar surface area (TPSA) is 26.3 Å². The number of ether oxygens (including phenoxy) is 1. The highest BCUT2D eigenvalue weighted by molar-refractivity contribution is 6.07. The number of benzene rings is 2. The average Bonchev–Trinajstić information content (AvgIpc) is 2.46. The highest BCUT2D eigenvalue weighted by Gasteiger charge is 2.02. The normalized spacial score (nSPS) is 10.6. The zero-order valence-electron chi connectivity index (χ0n) is 10.5. The van der Waals surface area contributed by atoms with E-state index in [4.69, 9.17) is 4.74 Å². The van der Waals surface area contributed by atoms with Crippen molar-refractivity contribution in [2.75, 3.05) is 7.11 Å². The smallest absolute Gasteiger partial charge is 0.185 e. The first kappa shape index (κ1) is 13.0. The van der Waals surface area contributed by atoms with Crippen LogP contribution < -0.4 is 4.74 Å². The lowest BCUT2D eigenvalue weighted by Gasteiger charge is -2.01. The van der Waals surface area contributed by atoms with Gasteiger partial charge in [-0.15, -0.1) is 0 Å². The van der Waals surface area contributed by atoms with E-state index in [9.17, 15) is 9.18 Å². The first-order valence-corrected chi connectivity index (χ1v) is 5.81. The van der Waals surface area contributed by atoms with E-state index in [1.165, 1.54) is 18.2 Å². The third-order valence-electron chi connectivity index (χ3n) is 2.65. The molecule has 0 saturated heterocycles. The summed E-state index contributed by atoms with van der Waals surface area (Å²) in [6.45, 7) is 0. The van der Waals surface area contributed by atoms with Crippen molar-refractivity contribution in [3.05, 3.63) is 71.6 Å². The number of halogens is 1. The Hall–Kier alpha value is -2.42. The summed E-state index contributed by atoms with van der Waals surface area (Å²) >= 11 is 0. The summed E-state index contributed by atoms with van der Waals surface area (Å²) in [5, 5.41) is 0. The SMILES string of the molecule is COc1cccc(C(=O)C=Cc2ccc(F)cc2)c1. The molecule has 2 aromatic carbocycles. The lowest BCUT2D eigenvalue weighted by atomic mass is 10.1. The van der Waals surface area contributed by atoms with Gasteiger partial charge in [0.1, 0.15) is 11.6 Å². The van der Waals surface area contributed by atoms with Gasteiger partial charge >= 0.3 is 0 Å². The van der Waals surface area contributed by atoms with E-state index in [0.717, 1.165) is 5.56 Å². The van der Waals surface area contributed by atoms with Gasteiger partial charge in [-0.3, -0.25) is 4.79 Å². The van der Waals surface area contributed by atoms with Crippen LogP contribution in [-0.2, 0) is 0 Å². The van der Waals surface area contributed by atoms with Gasteiger partial charge in [0.25, 0.3) is 0 Å². The number of carbonyl (C=O) groups is 1. The molecule has 0 N–H and O–H groups in total. The minimum absolute atomic E-state index is 0.122. The van der Waals surface area contributed by atoms with Crippen molar-refractivity contribution in [2.45, 2.75) is 0 Å². The molecule has 0 aliphatic heterocycles. The summed E-state index contributed by atoms with van der Waals surface area (Å²) in [5.74, 6) is 0.223. The third-order valence-corrected chi connectivity index (χ3v) is 2.65. The third kappa shape index (κ3) is 3.52. The molecule has 2 rings (SSSR count). The van der Waals surface area contributed by atoms with Gasteiger partial charge < -0.3 is 4.74 Å². The Morgan fingerprint density at radius 2 is 1.89 bits per heavy atom. The second kappa shape index (κ2) is 5.96. The first-order valence-electron chi connectivity index (χ1n) is 5.81. The molecule has 0 spiro atoms. The quantitative estimate of drug-likeness (QED) is 0.615. The van der Waals surface area contributed by atoms with Gasteiger partial charge in [-0.2, -0.15) is 0 Å². The van der Waals surface area contributed by atoms with Gasteiger partial charge in [-0.1, -0.05) is 30.3 Å². The Morgan fingerprint density at radius 3 is 2.58 bits per heavy atom. The Labute approximate surface area is 111 Å². The van der Waals surface area contributed by atoms with Crippen LogP contribution in [0.15, 0.2) is 54.6 Å². The fourth-order valence-electron chi connectivity index (χ4n) is 1.62. The number of rotatable bonds is 4. The molecule has 0 fully saturated rings. The van der Waals surface area contributed by atoms with Crippen molar-refractivity contribution in [2.24, 2.45) is 0 Å². The van der Waals surface area contributed by atoms with Crippen molar-refractivity contribution in [3.8, 4) is 5.75 Å². The number of hydrogen-bond acceptors (Lipinski definition) is 2. The van der Waals surface area contributed by atoms with E-state index in [0.29, 0.717) is 11.3 Å². The van der Waals surface area contributed by atoms with E-state index in [1.54, 1.807) is 49.6 Å². The minimum atomic E-state index is -0.295. The van der Waals surface area contributed by atoms with Crippen LogP contribution in [0.4, 0.5) is 4.39 Å².